The molecule has 0 aliphatic rings. The molecule has 0 bridgehead atoms. The Morgan fingerprint density at radius 2 is 1.57 bits per heavy atom. The van der Waals surface area contributed by atoms with Crippen LogP contribution in [-0.2, 0) is 0 Å². The van der Waals surface area contributed by atoms with E-state index in [-0.39, 0.29) is 42.3 Å². The number of carbonyl (C=O) groups is 1. The topological polar surface area (TPSA) is 46.5 Å². The van der Waals surface area contributed by atoms with Crippen LogP contribution in [0, 0.1) is 0 Å². The molecule has 0 heterocycles. The van der Waals surface area contributed by atoms with Crippen LogP contribution in [0.25, 0.3) is 10.8 Å². The third kappa shape index (κ3) is 3.45. The third-order valence-corrected chi connectivity index (χ3v) is 3.06. The average molecular weight is 288 g/mol. The van der Waals surface area contributed by atoms with E-state index in [1.165, 1.54) is 12.1 Å². The Morgan fingerprint density at radius 1 is 0.905 bits per heavy atom. The smallest absolute Gasteiger partial charge is 1.00 e. The average Bonchev–Trinajstić information content (AvgIpc) is 2.47. The van der Waals surface area contributed by atoms with Crippen LogP contribution >= 0.6 is 0 Å². The van der Waals surface area contributed by atoms with E-state index >= 15 is 0 Å². The Morgan fingerprint density at radius 3 is 2.33 bits per heavy atom. The fourth-order valence-electron chi connectivity index (χ4n) is 2.04. The summed E-state index contributed by atoms with van der Waals surface area (Å²) in [6.07, 6.45) is 0. The van der Waals surface area contributed by atoms with E-state index in [2.05, 4.69) is 0 Å². The summed E-state index contributed by atoms with van der Waals surface area (Å²) in [6, 6.07) is 19.6. The molecule has 4 heteroatoms. The molecule has 3 nitrogen and oxygen atoms in total. The molecule has 0 saturated carbocycles. The second-order valence-electron chi connectivity index (χ2n) is 4.42. The molecule has 21 heavy (non-hydrogen) atoms. The van der Waals surface area contributed by atoms with Crippen molar-refractivity contribution in [3.05, 3.63) is 72.3 Å². The van der Waals surface area contributed by atoms with Gasteiger partial charge in [-0.05, 0) is 35.0 Å². The molecule has 0 aromatic heterocycles. The number of para-hydroxylation sites is 1. The third-order valence-electron chi connectivity index (χ3n) is 3.06. The molecule has 0 unspecified atom stereocenters. The van der Waals surface area contributed by atoms with Crippen molar-refractivity contribution in [1.82, 2.24) is 0 Å². The molecule has 3 aromatic rings. The number of hydrogen-bond acceptors (Lipinski definition) is 3. The molecule has 1 N–H and O–H groups in total. The predicted molar refractivity (Wildman–Crippen MR) is 78.1 cm³/mol. The van der Waals surface area contributed by atoms with Gasteiger partial charge in [0.25, 0.3) is 0 Å². The van der Waals surface area contributed by atoms with Gasteiger partial charge >= 0.3 is 35.5 Å². The van der Waals surface area contributed by atoms with Crippen molar-refractivity contribution >= 4 is 16.7 Å². The molecule has 0 saturated heterocycles. The zero-order valence-corrected chi connectivity index (χ0v) is 13.6. The van der Waals surface area contributed by atoms with Crippen LogP contribution in [-0.4, -0.2) is 11.1 Å². The van der Waals surface area contributed by atoms with E-state index in [9.17, 15) is 9.90 Å². The molecule has 0 aliphatic carbocycles. The van der Waals surface area contributed by atoms with Crippen molar-refractivity contribution in [2.24, 2.45) is 0 Å². The minimum Gasteiger partial charge on any atom is -1.00 e. The second-order valence-corrected chi connectivity index (χ2v) is 4.42. The van der Waals surface area contributed by atoms with Gasteiger partial charge in [-0.1, -0.05) is 42.5 Å². The Hall–Kier alpha value is -1.81. The summed E-state index contributed by atoms with van der Waals surface area (Å²) in [7, 11) is 0. The molecule has 0 spiro atoms. The van der Waals surface area contributed by atoms with Gasteiger partial charge in [-0.2, -0.15) is 0 Å². The normalized spacial score (nSPS) is 9.90. The maximum Gasteiger partial charge on any atom is 1.00 e. The van der Waals surface area contributed by atoms with E-state index in [0.717, 1.165) is 10.8 Å². The number of fused-ring (bicyclic) bond motifs is 1. The van der Waals surface area contributed by atoms with Gasteiger partial charge in [-0.3, -0.25) is 0 Å². The van der Waals surface area contributed by atoms with E-state index in [1.54, 1.807) is 24.3 Å². The maximum atomic E-state index is 12.0. The maximum absolute atomic E-state index is 12.0. The number of benzene rings is 3. The molecular formula is C17H13NaO3. The minimum absolute atomic E-state index is 0. The van der Waals surface area contributed by atoms with Gasteiger partial charge in [0.1, 0.15) is 17.1 Å². The largest absolute Gasteiger partial charge is 1.00 e. The molecule has 0 aliphatic heterocycles. The van der Waals surface area contributed by atoms with E-state index in [4.69, 9.17) is 4.74 Å². The molecule has 3 aromatic carbocycles. The number of phenols is 1. The fourth-order valence-corrected chi connectivity index (χ4v) is 2.04. The summed E-state index contributed by atoms with van der Waals surface area (Å²) in [5, 5.41) is 11.7. The van der Waals surface area contributed by atoms with Gasteiger partial charge in [0.2, 0.25) is 0 Å². The van der Waals surface area contributed by atoms with Crippen molar-refractivity contribution in [1.29, 1.82) is 0 Å². The number of aromatic hydroxyl groups is 1. The van der Waals surface area contributed by atoms with Crippen LogP contribution < -0.4 is 34.3 Å². The van der Waals surface area contributed by atoms with Crippen LogP contribution in [0.1, 0.15) is 11.8 Å². The molecule has 0 radical (unpaired) electrons. The van der Waals surface area contributed by atoms with Crippen LogP contribution in [0.3, 0.4) is 0 Å². The number of hydrogen-bond donors (Lipinski definition) is 1. The van der Waals surface area contributed by atoms with E-state index in [0.29, 0.717) is 5.75 Å². The summed E-state index contributed by atoms with van der Waals surface area (Å²) in [6.45, 7) is 0. The molecule has 3 rings (SSSR count). The first-order valence-electron chi connectivity index (χ1n) is 6.23. The molecular weight excluding hydrogens is 275 g/mol. The summed E-state index contributed by atoms with van der Waals surface area (Å²) in [4.78, 5) is 12.0. The van der Waals surface area contributed by atoms with Gasteiger partial charge in [-0.25, -0.2) is 4.79 Å². The summed E-state index contributed by atoms with van der Waals surface area (Å²) in [5.74, 6) is -0.200. The molecule has 0 amide bonds. The fraction of sp³-hybridized carbons (Fsp3) is 0. The standard InChI is InChI=1S/C17H12O3.Na.H/c18-16-8-4-3-7-15(16)17(19)20-14-10-9-12-5-1-2-6-13(12)11-14;;/h1-11,18H;;/q;+1;-1. The van der Waals surface area contributed by atoms with Crippen molar-refractivity contribution in [2.75, 3.05) is 0 Å². The quantitative estimate of drug-likeness (QED) is 0.432. The number of esters is 1. The number of rotatable bonds is 2. The Balaban J connectivity index is 0.00000121. The van der Waals surface area contributed by atoms with Crippen LogP contribution in [0.5, 0.6) is 11.5 Å². The van der Waals surface area contributed by atoms with Gasteiger partial charge in [0.15, 0.2) is 0 Å². The van der Waals surface area contributed by atoms with E-state index in [1.807, 2.05) is 30.3 Å². The number of ether oxygens (including phenoxy) is 1. The van der Waals surface area contributed by atoms with Crippen molar-refractivity contribution in [3.63, 3.8) is 0 Å². The summed E-state index contributed by atoms with van der Waals surface area (Å²) in [5.41, 5.74) is 0.153. The van der Waals surface area contributed by atoms with Gasteiger partial charge in [0, 0.05) is 0 Å². The zero-order chi connectivity index (χ0) is 13.9. The van der Waals surface area contributed by atoms with Gasteiger partial charge < -0.3 is 11.3 Å². The first kappa shape index (κ1) is 15.6. The van der Waals surface area contributed by atoms with Crippen molar-refractivity contribution in [3.8, 4) is 11.5 Å². The monoisotopic (exact) mass is 288 g/mol. The zero-order valence-electron chi connectivity index (χ0n) is 12.6. The Labute approximate surface area is 146 Å². The Bertz CT molecular complexity index is 789. The van der Waals surface area contributed by atoms with Gasteiger partial charge in [-0.15, -0.1) is 0 Å². The second kappa shape index (κ2) is 6.76. The summed E-state index contributed by atoms with van der Waals surface area (Å²) >= 11 is 0. The number of carbonyl (C=O) groups excluding carboxylic acids is 1. The first-order valence-corrected chi connectivity index (χ1v) is 6.23. The SMILES string of the molecule is O=C(Oc1ccc2ccccc2c1)c1ccccc1O.[H-].[Na+]. The minimum atomic E-state index is -0.571. The molecule has 0 atom stereocenters. The summed E-state index contributed by atoms with van der Waals surface area (Å²) < 4.78 is 5.29. The van der Waals surface area contributed by atoms with E-state index < -0.39 is 5.97 Å². The van der Waals surface area contributed by atoms with Crippen LogP contribution in [0.4, 0.5) is 0 Å². The molecule has 100 valence electrons. The van der Waals surface area contributed by atoms with Crippen LogP contribution in [0.2, 0.25) is 0 Å². The van der Waals surface area contributed by atoms with Gasteiger partial charge in [0.05, 0.1) is 0 Å². The molecule has 0 fully saturated rings. The van der Waals surface area contributed by atoms with Crippen LogP contribution in [0.15, 0.2) is 66.7 Å². The van der Waals surface area contributed by atoms with Crippen molar-refractivity contribution < 1.29 is 45.6 Å². The number of phenolic OH excluding ortho intramolecular Hbond substituents is 1. The predicted octanol–water partition coefficient (Wildman–Crippen LogP) is 0.881. The van der Waals surface area contributed by atoms with Crippen molar-refractivity contribution in [2.45, 2.75) is 0 Å². The Kier molecular flexibility index (Phi) is 5.02. The first-order chi connectivity index (χ1) is 9.74.